The lowest BCUT2D eigenvalue weighted by Crippen LogP contribution is -2.60. The molecule has 1 saturated carbocycles. The Balaban J connectivity index is 1.70. The normalized spacial score (nSPS) is 28.5. The van der Waals surface area contributed by atoms with E-state index in [4.69, 9.17) is 0 Å². The van der Waals surface area contributed by atoms with Crippen LogP contribution in [0.5, 0.6) is 0 Å². The molecule has 3 nitrogen and oxygen atoms in total. The van der Waals surface area contributed by atoms with E-state index in [1.165, 1.54) is 6.42 Å². The van der Waals surface area contributed by atoms with Gasteiger partial charge in [0.2, 0.25) is 5.91 Å². The number of amides is 1. The summed E-state index contributed by atoms with van der Waals surface area (Å²) in [6.45, 7) is -1.11. The topological polar surface area (TPSA) is 29.5 Å². The number of hydrogen-bond acceptors (Lipinski definition) is 2. The van der Waals surface area contributed by atoms with E-state index in [2.05, 4.69) is 4.74 Å². The van der Waals surface area contributed by atoms with Crippen LogP contribution < -0.4 is 0 Å². The van der Waals surface area contributed by atoms with E-state index in [1.54, 1.807) is 4.90 Å². The monoisotopic (exact) mass is 251 g/mol. The Hall–Kier alpha value is -0.780. The fourth-order valence-electron chi connectivity index (χ4n) is 2.69. The van der Waals surface area contributed by atoms with Gasteiger partial charge < -0.3 is 9.64 Å². The summed E-state index contributed by atoms with van der Waals surface area (Å²) in [5.74, 6) is 0.257. The van der Waals surface area contributed by atoms with Crippen LogP contribution in [0.4, 0.5) is 13.2 Å². The van der Waals surface area contributed by atoms with Crippen LogP contribution in [0.15, 0.2) is 0 Å². The van der Waals surface area contributed by atoms with Gasteiger partial charge in [-0.25, -0.2) is 0 Å². The van der Waals surface area contributed by atoms with Crippen LogP contribution in [0, 0.1) is 5.92 Å². The lowest BCUT2D eigenvalue weighted by molar-refractivity contribution is -0.181. The number of alkyl halides is 3. The molecule has 1 saturated heterocycles. The zero-order valence-corrected chi connectivity index (χ0v) is 9.50. The van der Waals surface area contributed by atoms with Crippen molar-refractivity contribution in [3.8, 4) is 0 Å². The Bertz CT molecular complexity index is 293. The first-order valence-corrected chi connectivity index (χ1v) is 5.91. The molecule has 17 heavy (non-hydrogen) atoms. The highest BCUT2D eigenvalue weighted by Crippen LogP contribution is 2.37. The quantitative estimate of drug-likeness (QED) is 0.767. The van der Waals surface area contributed by atoms with Crippen molar-refractivity contribution in [3.05, 3.63) is 0 Å². The fraction of sp³-hybridized carbons (Fsp3) is 0.909. The van der Waals surface area contributed by atoms with Gasteiger partial charge in [-0.15, -0.1) is 0 Å². The Kier molecular flexibility index (Phi) is 3.61. The minimum atomic E-state index is -4.36. The number of nitrogens with zero attached hydrogens (tertiary/aromatic N) is 1. The first-order chi connectivity index (χ1) is 7.97. The second-order valence-corrected chi connectivity index (χ2v) is 4.77. The summed E-state index contributed by atoms with van der Waals surface area (Å²) < 4.78 is 39.8. The summed E-state index contributed by atoms with van der Waals surface area (Å²) in [6, 6.07) is 0.255. The van der Waals surface area contributed by atoms with Crippen molar-refractivity contribution in [2.45, 2.75) is 37.9 Å². The lowest BCUT2D eigenvalue weighted by Gasteiger charge is -2.50. The highest BCUT2D eigenvalue weighted by molar-refractivity contribution is 5.78. The molecule has 2 fully saturated rings. The van der Waals surface area contributed by atoms with Gasteiger partial charge in [-0.05, 0) is 18.8 Å². The number of rotatable bonds is 3. The smallest absolute Gasteiger partial charge is 0.362 e. The molecule has 98 valence electrons. The highest BCUT2D eigenvalue weighted by atomic mass is 19.4. The second-order valence-electron chi connectivity index (χ2n) is 4.77. The van der Waals surface area contributed by atoms with Crippen molar-refractivity contribution in [1.82, 2.24) is 4.90 Å². The molecule has 2 rings (SSSR count). The van der Waals surface area contributed by atoms with Crippen molar-refractivity contribution in [2.75, 3.05) is 19.8 Å². The third-order valence-electron chi connectivity index (χ3n) is 3.51. The van der Waals surface area contributed by atoms with Gasteiger partial charge in [-0.1, -0.05) is 12.8 Å². The third kappa shape index (κ3) is 3.12. The molecule has 0 unspecified atom stereocenters. The minimum absolute atomic E-state index is 0.255. The molecule has 6 heteroatoms. The molecular weight excluding hydrogens is 235 g/mol. The average molecular weight is 251 g/mol. The summed E-state index contributed by atoms with van der Waals surface area (Å²) >= 11 is 0. The van der Waals surface area contributed by atoms with Crippen LogP contribution >= 0.6 is 0 Å². The predicted molar refractivity (Wildman–Crippen MR) is 54.3 cm³/mol. The van der Waals surface area contributed by atoms with E-state index in [1.807, 2.05) is 0 Å². The van der Waals surface area contributed by atoms with Crippen molar-refractivity contribution < 1.29 is 22.7 Å². The minimum Gasteiger partial charge on any atom is -0.362 e. The second kappa shape index (κ2) is 4.84. The van der Waals surface area contributed by atoms with Gasteiger partial charge in [0, 0.05) is 12.6 Å². The van der Waals surface area contributed by atoms with E-state index < -0.39 is 19.4 Å². The van der Waals surface area contributed by atoms with Crippen molar-refractivity contribution >= 4 is 5.91 Å². The van der Waals surface area contributed by atoms with Crippen molar-refractivity contribution in [1.29, 1.82) is 0 Å². The lowest BCUT2D eigenvalue weighted by atomic mass is 9.77. The number of halogens is 3. The molecular formula is C11H16F3NO2. The summed E-state index contributed by atoms with van der Waals surface area (Å²) in [6.07, 6.45) is 0.0677. The van der Waals surface area contributed by atoms with Gasteiger partial charge in [-0.2, -0.15) is 13.2 Å². The summed E-state index contributed by atoms with van der Waals surface area (Å²) in [4.78, 5) is 13.3. The molecule has 0 bridgehead atoms. The zero-order valence-electron chi connectivity index (χ0n) is 9.50. The van der Waals surface area contributed by atoms with Crippen LogP contribution in [0.25, 0.3) is 0 Å². The summed E-state index contributed by atoms with van der Waals surface area (Å²) in [5, 5.41) is 0. The number of hydrogen-bond donors (Lipinski definition) is 0. The van der Waals surface area contributed by atoms with E-state index in [0.29, 0.717) is 12.5 Å². The molecule has 1 heterocycles. The Labute approximate surface area is 97.9 Å². The molecule has 1 aliphatic carbocycles. The maximum Gasteiger partial charge on any atom is 0.411 e. The van der Waals surface area contributed by atoms with E-state index >= 15 is 0 Å². The Morgan fingerprint density at radius 3 is 2.65 bits per heavy atom. The maximum absolute atomic E-state index is 11.8. The average Bonchev–Trinajstić information content (AvgIpc) is 2.18. The molecule has 0 aromatic heterocycles. The van der Waals surface area contributed by atoms with Crippen LogP contribution in [-0.4, -0.2) is 42.8 Å². The first-order valence-electron chi connectivity index (χ1n) is 5.91. The van der Waals surface area contributed by atoms with E-state index in [-0.39, 0.29) is 11.9 Å². The molecule has 0 N–H and O–H groups in total. The molecule has 1 amide bonds. The van der Waals surface area contributed by atoms with Gasteiger partial charge in [0.25, 0.3) is 0 Å². The fourth-order valence-corrected chi connectivity index (χ4v) is 2.69. The van der Waals surface area contributed by atoms with Crippen LogP contribution in [0.2, 0.25) is 0 Å². The van der Waals surface area contributed by atoms with Gasteiger partial charge in [0.15, 0.2) is 0 Å². The molecule has 2 atom stereocenters. The molecule has 2 aliphatic rings. The highest BCUT2D eigenvalue weighted by Gasteiger charge is 2.42. The molecule has 0 spiro atoms. The number of carbonyl (C=O) groups excluding carboxylic acids is 1. The van der Waals surface area contributed by atoms with Crippen LogP contribution in [0.3, 0.4) is 0 Å². The Morgan fingerprint density at radius 2 is 2.00 bits per heavy atom. The number of fused-ring (bicyclic) bond motifs is 1. The number of likely N-dealkylation sites (tertiary alicyclic amines) is 1. The summed E-state index contributed by atoms with van der Waals surface area (Å²) in [5.41, 5.74) is 0. The molecule has 0 aromatic rings. The SMILES string of the molecule is O=C(COCC(F)(F)F)N1C[C@H]2CCCC[C@H]21. The standard InChI is InChI=1S/C11H16F3NO2/c12-11(13,14)7-17-6-10(16)15-5-8-3-1-2-4-9(8)15/h8-9H,1-7H2/t8-,9-/m1/s1. The first kappa shape index (κ1) is 12.7. The van der Waals surface area contributed by atoms with E-state index in [9.17, 15) is 18.0 Å². The summed E-state index contributed by atoms with van der Waals surface area (Å²) in [7, 11) is 0. The van der Waals surface area contributed by atoms with Crippen molar-refractivity contribution in [2.24, 2.45) is 5.92 Å². The van der Waals surface area contributed by atoms with E-state index in [0.717, 1.165) is 19.3 Å². The molecule has 0 radical (unpaired) electrons. The molecule has 1 aliphatic heterocycles. The van der Waals surface area contributed by atoms with Crippen LogP contribution in [-0.2, 0) is 9.53 Å². The van der Waals surface area contributed by atoms with Crippen LogP contribution in [0.1, 0.15) is 25.7 Å². The predicted octanol–water partition coefficient (Wildman–Crippen LogP) is 1.97. The van der Waals surface area contributed by atoms with Crippen molar-refractivity contribution in [3.63, 3.8) is 0 Å². The van der Waals surface area contributed by atoms with Gasteiger partial charge in [0.1, 0.15) is 13.2 Å². The number of carbonyl (C=O) groups is 1. The Morgan fingerprint density at radius 1 is 1.29 bits per heavy atom. The zero-order chi connectivity index (χ0) is 12.5. The maximum atomic E-state index is 11.8. The largest absolute Gasteiger partial charge is 0.411 e. The third-order valence-corrected chi connectivity index (χ3v) is 3.51. The number of ether oxygens (including phenoxy) is 1. The van der Waals surface area contributed by atoms with Gasteiger partial charge in [0.05, 0.1) is 0 Å². The molecule has 0 aromatic carbocycles. The van der Waals surface area contributed by atoms with Gasteiger partial charge in [-0.3, -0.25) is 4.79 Å². The van der Waals surface area contributed by atoms with Gasteiger partial charge >= 0.3 is 6.18 Å².